The smallest absolute Gasteiger partial charge is 0.244 e. The highest BCUT2D eigenvalue weighted by molar-refractivity contribution is 9.07. The molecule has 2 aromatic rings. The average molecular weight is 346 g/mol. The van der Waals surface area contributed by atoms with Crippen LogP contribution in [0.2, 0.25) is 0 Å². The molecule has 0 aliphatic carbocycles. The maximum atomic E-state index is 5.71. The zero-order valence-corrected chi connectivity index (χ0v) is 12.5. The largest absolute Gasteiger partial charge is 0.439 e. The number of hydrogen-bond donors (Lipinski definition) is 1. The van der Waals surface area contributed by atoms with Gasteiger partial charge in [0.2, 0.25) is 11.8 Å². The molecule has 3 rings (SSSR count). The molecular weight excluding hydrogens is 334 g/mol. The molecule has 0 saturated heterocycles. The molecule has 0 radical (unpaired) electrons. The number of hydrazone groups is 1. The molecule has 21 heavy (non-hydrogen) atoms. The summed E-state index contributed by atoms with van der Waals surface area (Å²) in [7, 11) is 0. The van der Waals surface area contributed by atoms with Gasteiger partial charge in [-0.3, -0.25) is 0 Å². The molecule has 106 valence electrons. The second-order valence-corrected chi connectivity index (χ2v) is 4.82. The topological polar surface area (TPSA) is 46.1 Å². The first-order chi connectivity index (χ1) is 10.3. The number of nitrogens with zero attached hydrogens (tertiary/aromatic N) is 2. The molecule has 0 aromatic heterocycles. The molecule has 1 N–H and O–H groups in total. The number of rotatable bonds is 3. The lowest BCUT2D eigenvalue weighted by molar-refractivity contribution is 0.285. The van der Waals surface area contributed by atoms with Crippen molar-refractivity contribution in [2.24, 2.45) is 5.10 Å². The van der Waals surface area contributed by atoms with Crippen LogP contribution in [-0.2, 0) is 0 Å². The molecule has 0 saturated carbocycles. The summed E-state index contributed by atoms with van der Waals surface area (Å²) in [5.74, 6) is 2.33. The Morgan fingerprint density at radius 1 is 0.857 bits per heavy atom. The summed E-state index contributed by atoms with van der Waals surface area (Å²) in [5, 5.41) is 4.15. The van der Waals surface area contributed by atoms with E-state index in [1.54, 1.807) is 6.08 Å². The van der Waals surface area contributed by atoms with Gasteiger partial charge in [0.05, 0.1) is 22.2 Å². The maximum Gasteiger partial charge on any atom is 0.244 e. The van der Waals surface area contributed by atoms with Crippen molar-refractivity contribution < 1.29 is 9.47 Å². The first-order valence-electron chi connectivity index (χ1n) is 6.28. The summed E-state index contributed by atoms with van der Waals surface area (Å²) < 4.78 is 12.7. The summed E-state index contributed by atoms with van der Waals surface area (Å²) in [6.45, 7) is 0. The summed E-state index contributed by atoms with van der Waals surface area (Å²) in [5.41, 5.74) is 2.90. The predicted molar refractivity (Wildman–Crippen MR) is 83.6 cm³/mol. The fourth-order valence-corrected chi connectivity index (χ4v) is 2.03. The summed E-state index contributed by atoms with van der Waals surface area (Å²) in [6.07, 6.45) is 1.68. The molecule has 5 nitrogen and oxygen atoms in total. The Kier molecular flexibility index (Phi) is 4.07. The van der Waals surface area contributed by atoms with Gasteiger partial charge in [0.15, 0.2) is 0 Å². The third-order valence-electron chi connectivity index (χ3n) is 2.58. The van der Waals surface area contributed by atoms with Gasteiger partial charge < -0.3 is 9.47 Å². The van der Waals surface area contributed by atoms with E-state index < -0.39 is 0 Å². The maximum absolute atomic E-state index is 5.71. The molecule has 1 aliphatic heterocycles. The average Bonchev–Trinajstić information content (AvgIpc) is 2.48. The Bertz CT molecular complexity index is 659. The van der Waals surface area contributed by atoms with E-state index in [0.29, 0.717) is 17.5 Å². The molecule has 2 aromatic carbocycles. The molecule has 0 unspecified atom stereocenters. The van der Waals surface area contributed by atoms with Crippen LogP contribution in [0, 0.1) is 0 Å². The third kappa shape index (κ3) is 3.76. The normalized spacial score (nSPS) is 13.9. The van der Waals surface area contributed by atoms with Crippen LogP contribution in [0.3, 0.4) is 0 Å². The molecule has 0 spiro atoms. The van der Waals surface area contributed by atoms with Crippen LogP contribution in [0.4, 0.5) is 0 Å². The quantitative estimate of drug-likeness (QED) is 0.865. The number of hydrazine groups is 1. The van der Waals surface area contributed by atoms with Crippen molar-refractivity contribution in [1.82, 2.24) is 9.57 Å². The molecule has 0 atom stereocenters. The van der Waals surface area contributed by atoms with Gasteiger partial charge in [-0.1, -0.05) is 36.4 Å². The standard InChI is InChI=1S/C15H12BrN3O2/c16-19-17-14(20-12-7-3-1-4-8-12)11-15(18-19)21-13-9-5-2-6-10-13/h1-11,17H. The Balaban J connectivity index is 1.75. The lowest BCUT2D eigenvalue weighted by Crippen LogP contribution is -2.33. The minimum atomic E-state index is 0.405. The zero-order valence-electron chi connectivity index (χ0n) is 10.9. The molecule has 1 heterocycles. The van der Waals surface area contributed by atoms with Crippen LogP contribution in [0.25, 0.3) is 0 Å². The van der Waals surface area contributed by atoms with Crippen LogP contribution in [-0.4, -0.2) is 10.0 Å². The van der Waals surface area contributed by atoms with E-state index in [2.05, 4.69) is 26.7 Å². The predicted octanol–water partition coefficient (Wildman–Crippen LogP) is 3.43. The van der Waals surface area contributed by atoms with Crippen LogP contribution < -0.4 is 14.9 Å². The summed E-state index contributed by atoms with van der Waals surface area (Å²) >= 11 is 3.23. The van der Waals surface area contributed by atoms with E-state index in [0.717, 1.165) is 5.75 Å². The van der Waals surface area contributed by atoms with Gasteiger partial charge >= 0.3 is 0 Å². The van der Waals surface area contributed by atoms with E-state index >= 15 is 0 Å². The molecule has 0 bridgehead atoms. The number of halogens is 1. The Morgan fingerprint density at radius 2 is 1.43 bits per heavy atom. The number of ether oxygens (including phenoxy) is 2. The van der Waals surface area contributed by atoms with Crippen molar-refractivity contribution in [2.75, 3.05) is 0 Å². The van der Waals surface area contributed by atoms with Crippen LogP contribution in [0.5, 0.6) is 11.5 Å². The number of para-hydroxylation sites is 2. The van der Waals surface area contributed by atoms with Crippen molar-refractivity contribution in [3.63, 3.8) is 0 Å². The van der Waals surface area contributed by atoms with E-state index in [1.807, 2.05) is 60.7 Å². The van der Waals surface area contributed by atoms with Crippen molar-refractivity contribution >= 4 is 22.0 Å². The van der Waals surface area contributed by atoms with Crippen molar-refractivity contribution in [3.8, 4) is 11.5 Å². The first-order valence-corrected chi connectivity index (χ1v) is 6.99. The Labute approximate surface area is 130 Å². The Morgan fingerprint density at radius 3 is 2.05 bits per heavy atom. The summed E-state index contributed by atoms with van der Waals surface area (Å²) in [4.78, 5) is 0. The minimum Gasteiger partial charge on any atom is -0.439 e. The van der Waals surface area contributed by atoms with Gasteiger partial charge in [-0.15, -0.1) is 9.25 Å². The molecule has 1 aliphatic rings. The Hall–Kier alpha value is -2.47. The molecule has 0 fully saturated rings. The van der Waals surface area contributed by atoms with E-state index in [1.165, 1.54) is 4.14 Å². The van der Waals surface area contributed by atoms with Crippen molar-refractivity contribution in [2.45, 2.75) is 0 Å². The van der Waals surface area contributed by atoms with Crippen LogP contribution in [0.15, 0.2) is 77.7 Å². The molecular formula is C15H12BrN3O2. The van der Waals surface area contributed by atoms with Gasteiger partial charge in [-0.25, -0.2) is 5.43 Å². The molecule has 0 amide bonds. The number of hydrogen-bond acceptors (Lipinski definition) is 5. The second kappa shape index (κ2) is 6.32. The first kappa shape index (κ1) is 13.5. The van der Waals surface area contributed by atoms with Gasteiger partial charge in [0.1, 0.15) is 11.5 Å². The van der Waals surface area contributed by atoms with Crippen LogP contribution >= 0.6 is 16.1 Å². The highest BCUT2D eigenvalue weighted by Crippen LogP contribution is 2.16. The van der Waals surface area contributed by atoms with E-state index in [-0.39, 0.29) is 0 Å². The van der Waals surface area contributed by atoms with Crippen molar-refractivity contribution in [1.29, 1.82) is 0 Å². The lowest BCUT2D eigenvalue weighted by atomic mass is 10.3. The van der Waals surface area contributed by atoms with Gasteiger partial charge in [0, 0.05) is 0 Å². The SMILES string of the molecule is BrN1N=C(Oc2ccccc2)C=C(Oc2ccccc2)N1. The highest BCUT2D eigenvalue weighted by Gasteiger charge is 2.14. The lowest BCUT2D eigenvalue weighted by Gasteiger charge is -2.21. The fraction of sp³-hybridized carbons (Fsp3) is 0. The summed E-state index contributed by atoms with van der Waals surface area (Å²) in [6, 6.07) is 18.9. The third-order valence-corrected chi connectivity index (χ3v) is 2.92. The van der Waals surface area contributed by atoms with Gasteiger partial charge in [0.25, 0.3) is 0 Å². The monoisotopic (exact) mass is 345 g/mol. The van der Waals surface area contributed by atoms with E-state index in [9.17, 15) is 0 Å². The minimum absolute atomic E-state index is 0.405. The number of nitrogens with one attached hydrogen (secondary N) is 1. The fourth-order valence-electron chi connectivity index (χ4n) is 1.70. The van der Waals surface area contributed by atoms with Gasteiger partial charge in [-0.05, 0) is 24.3 Å². The molecule has 6 heteroatoms. The van der Waals surface area contributed by atoms with Crippen LogP contribution in [0.1, 0.15) is 0 Å². The zero-order chi connectivity index (χ0) is 14.5. The second-order valence-electron chi connectivity index (χ2n) is 4.15. The van der Waals surface area contributed by atoms with Gasteiger partial charge in [-0.2, -0.15) is 0 Å². The highest BCUT2D eigenvalue weighted by atomic mass is 79.9. The van der Waals surface area contributed by atoms with Crippen molar-refractivity contribution in [3.05, 3.63) is 72.6 Å². The van der Waals surface area contributed by atoms with E-state index in [4.69, 9.17) is 9.47 Å². The number of benzene rings is 2.